The van der Waals surface area contributed by atoms with Crippen molar-refractivity contribution in [3.63, 3.8) is 0 Å². The summed E-state index contributed by atoms with van der Waals surface area (Å²) in [7, 11) is 0. The van der Waals surface area contributed by atoms with Gasteiger partial charge in [-0.05, 0) is 31.2 Å². The number of carbonyl (C=O) groups is 1. The van der Waals surface area contributed by atoms with Gasteiger partial charge < -0.3 is 9.63 Å². The van der Waals surface area contributed by atoms with Crippen LogP contribution in [0.3, 0.4) is 0 Å². The van der Waals surface area contributed by atoms with E-state index in [9.17, 15) is 9.90 Å². The number of carboxylic acids is 1. The highest BCUT2D eigenvalue weighted by Gasteiger charge is 2.19. The summed E-state index contributed by atoms with van der Waals surface area (Å²) in [6.07, 6.45) is 0. The van der Waals surface area contributed by atoms with Crippen LogP contribution in [0.2, 0.25) is 0 Å². The molecule has 6 heteroatoms. The van der Waals surface area contributed by atoms with E-state index in [1.165, 1.54) is 6.07 Å². The predicted molar refractivity (Wildman–Crippen MR) is 102 cm³/mol. The van der Waals surface area contributed by atoms with E-state index in [0.29, 0.717) is 28.1 Å². The third kappa shape index (κ3) is 2.78. The minimum Gasteiger partial charge on any atom is -0.478 e. The third-order valence-electron chi connectivity index (χ3n) is 4.20. The molecule has 0 bridgehead atoms. The van der Waals surface area contributed by atoms with Gasteiger partial charge in [0.25, 0.3) is 0 Å². The molecule has 4 rings (SSSR count). The van der Waals surface area contributed by atoms with Gasteiger partial charge in [-0.1, -0.05) is 51.4 Å². The van der Waals surface area contributed by atoms with Crippen molar-refractivity contribution in [1.82, 2.24) is 10.1 Å². The van der Waals surface area contributed by atoms with Crippen LogP contribution in [0.4, 0.5) is 0 Å². The average molecular weight is 409 g/mol. The minimum absolute atomic E-state index is 0.176. The second-order valence-electron chi connectivity index (χ2n) is 5.87. The Morgan fingerprint density at radius 3 is 2.62 bits per heavy atom. The van der Waals surface area contributed by atoms with E-state index in [1.807, 2.05) is 43.3 Å². The molecule has 0 aliphatic rings. The van der Waals surface area contributed by atoms with Crippen molar-refractivity contribution < 1.29 is 14.4 Å². The Hall–Kier alpha value is -2.99. The first-order chi connectivity index (χ1) is 12.5. The summed E-state index contributed by atoms with van der Waals surface area (Å²) in [5.74, 6) is -0.364. The third-order valence-corrected chi connectivity index (χ3v) is 4.70. The molecular weight excluding hydrogens is 396 g/mol. The highest BCUT2D eigenvalue weighted by atomic mass is 79.9. The largest absolute Gasteiger partial charge is 0.478 e. The Bertz CT molecular complexity index is 1140. The second-order valence-corrected chi connectivity index (χ2v) is 6.79. The lowest BCUT2D eigenvalue weighted by atomic mass is 10.0. The molecule has 0 atom stereocenters. The number of carboxylic acid groups (broad SMARTS) is 1. The predicted octanol–water partition coefficient (Wildman–Crippen LogP) is 5.33. The maximum atomic E-state index is 11.7. The Kier molecular flexibility index (Phi) is 4.05. The van der Waals surface area contributed by atoms with Crippen LogP contribution < -0.4 is 0 Å². The molecule has 1 N–H and O–H groups in total. The van der Waals surface area contributed by atoms with Crippen LogP contribution in [0.5, 0.6) is 0 Å². The van der Waals surface area contributed by atoms with Gasteiger partial charge in [-0.25, -0.2) is 9.78 Å². The van der Waals surface area contributed by atoms with Crippen molar-refractivity contribution in [2.75, 3.05) is 0 Å². The number of halogens is 1. The van der Waals surface area contributed by atoms with Gasteiger partial charge in [0.15, 0.2) is 5.76 Å². The molecular formula is C20H13BrN2O3. The molecule has 0 aliphatic heterocycles. The Morgan fingerprint density at radius 2 is 1.88 bits per heavy atom. The van der Waals surface area contributed by atoms with E-state index < -0.39 is 5.97 Å². The van der Waals surface area contributed by atoms with Gasteiger partial charge in [0, 0.05) is 21.0 Å². The quantitative estimate of drug-likeness (QED) is 0.495. The lowest BCUT2D eigenvalue weighted by Gasteiger charge is -2.06. The molecule has 0 fully saturated rings. The number of rotatable bonds is 3. The highest BCUT2D eigenvalue weighted by molar-refractivity contribution is 9.10. The van der Waals surface area contributed by atoms with Gasteiger partial charge in [0.1, 0.15) is 5.69 Å². The molecule has 0 radical (unpaired) electrons. The maximum absolute atomic E-state index is 11.7. The molecule has 0 spiro atoms. The molecule has 128 valence electrons. The van der Waals surface area contributed by atoms with Crippen molar-refractivity contribution in [3.8, 4) is 22.7 Å². The van der Waals surface area contributed by atoms with Gasteiger partial charge in [0.2, 0.25) is 0 Å². The number of hydrogen-bond donors (Lipinski definition) is 1. The number of nitrogens with zero attached hydrogens (tertiary/aromatic N) is 2. The van der Waals surface area contributed by atoms with Crippen LogP contribution >= 0.6 is 15.9 Å². The zero-order valence-corrected chi connectivity index (χ0v) is 15.3. The van der Waals surface area contributed by atoms with Crippen molar-refractivity contribution in [3.05, 3.63) is 70.2 Å². The molecule has 2 aromatic heterocycles. The molecule has 26 heavy (non-hydrogen) atoms. The van der Waals surface area contributed by atoms with Crippen LogP contribution in [0.1, 0.15) is 15.9 Å². The summed E-state index contributed by atoms with van der Waals surface area (Å²) < 4.78 is 6.32. The van der Waals surface area contributed by atoms with Crippen LogP contribution in [-0.4, -0.2) is 21.2 Å². The molecule has 2 heterocycles. The van der Waals surface area contributed by atoms with Crippen LogP contribution in [0, 0.1) is 6.92 Å². The van der Waals surface area contributed by atoms with Crippen molar-refractivity contribution in [1.29, 1.82) is 0 Å². The molecule has 5 nitrogen and oxygen atoms in total. The lowest BCUT2D eigenvalue weighted by Crippen LogP contribution is -2.01. The minimum atomic E-state index is -1.01. The summed E-state index contributed by atoms with van der Waals surface area (Å²) in [6.45, 7) is 1.89. The first-order valence-corrected chi connectivity index (χ1v) is 8.69. The molecule has 4 aromatic rings. The molecule has 0 amide bonds. The summed E-state index contributed by atoms with van der Waals surface area (Å²) >= 11 is 3.37. The van der Waals surface area contributed by atoms with Crippen molar-refractivity contribution in [2.24, 2.45) is 0 Å². The average Bonchev–Trinajstić information content (AvgIpc) is 3.03. The van der Waals surface area contributed by atoms with Crippen LogP contribution in [0.15, 0.2) is 63.6 Å². The van der Waals surface area contributed by atoms with E-state index >= 15 is 0 Å². The first kappa shape index (κ1) is 16.5. The highest BCUT2D eigenvalue weighted by Crippen LogP contribution is 2.33. The first-order valence-electron chi connectivity index (χ1n) is 7.90. The van der Waals surface area contributed by atoms with Gasteiger partial charge in [0.05, 0.1) is 16.8 Å². The number of hydrogen-bond acceptors (Lipinski definition) is 4. The second kappa shape index (κ2) is 6.38. The Labute approximate surface area is 157 Å². The Balaban J connectivity index is 1.92. The fourth-order valence-electron chi connectivity index (χ4n) is 2.93. The van der Waals surface area contributed by atoms with Crippen LogP contribution in [-0.2, 0) is 0 Å². The zero-order valence-electron chi connectivity index (χ0n) is 13.7. The molecule has 0 saturated carbocycles. The summed E-state index contributed by atoms with van der Waals surface area (Å²) in [5, 5.41) is 14.3. The maximum Gasteiger partial charge on any atom is 0.336 e. The summed E-state index contributed by atoms with van der Waals surface area (Å²) in [6, 6.07) is 16.5. The smallest absolute Gasteiger partial charge is 0.336 e. The molecule has 0 unspecified atom stereocenters. The van der Waals surface area contributed by atoms with E-state index in [2.05, 4.69) is 26.1 Å². The topological polar surface area (TPSA) is 76.2 Å². The SMILES string of the molecule is Cc1c(-c2cc(C(=O)O)c3cc(Br)ccc3n2)noc1-c1ccccc1. The van der Waals surface area contributed by atoms with Gasteiger partial charge in [-0.2, -0.15) is 0 Å². The van der Waals surface area contributed by atoms with Crippen LogP contribution in [0.25, 0.3) is 33.6 Å². The zero-order chi connectivity index (χ0) is 18.3. The molecule has 2 aromatic carbocycles. The monoisotopic (exact) mass is 408 g/mol. The van der Waals surface area contributed by atoms with E-state index in [0.717, 1.165) is 15.6 Å². The van der Waals surface area contributed by atoms with Crippen molar-refractivity contribution >= 4 is 32.8 Å². The van der Waals surface area contributed by atoms with Gasteiger partial charge in [-0.3, -0.25) is 0 Å². The standard InChI is InChI=1S/C20H13BrN2O3/c1-11-18(23-26-19(11)12-5-3-2-4-6-12)17-10-15(20(24)25)14-9-13(21)7-8-16(14)22-17/h2-10H,1H3,(H,24,25). The van der Waals surface area contributed by atoms with Crippen molar-refractivity contribution in [2.45, 2.75) is 6.92 Å². The lowest BCUT2D eigenvalue weighted by molar-refractivity contribution is 0.0699. The number of fused-ring (bicyclic) bond motifs is 1. The number of benzene rings is 2. The summed E-state index contributed by atoms with van der Waals surface area (Å²) in [5.41, 5.74) is 3.50. The Morgan fingerprint density at radius 1 is 1.12 bits per heavy atom. The van der Waals surface area contributed by atoms with Gasteiger partial charge >= 0.3 is 5.97 Å². The van der Waals surface area contributed by atoms with E-state index in [1.54, 1.807) is 12.1 Å². The number of pyridine rings is 1. The normalized spacial score (nSPS) is 11.0. The molecule has 0 saturated heterocycles. The summed E-state index contributed by atoms with van der Waals surface area (Å²) in [4.78, 5) is 16.3. The molecule has 0 aliphatic carbocycles. The fraction of sp³-hybridized carbons (Fsp3) is 0.0500. The number of aromatic nitrogens is 2. The van der Waals surface area contributed by atoms with Gasteiger partial charge in [-0.15, -0.1) is 0 Å². The van der Waals surface area contributed by atoms with E-state index in [4.69, 9.17) is 4.52 Å². The number of aromatic carboxylic acids is 1. The fourth-order valence-corrected chi connectivity index (χ4v) is 3.29. The van der Waals surface area contributed by atoms with E-state index in [-0.39, 0.29) is 5.56 Å².